The van der Waals surface area contributed by atoms with Gasteiger partial charge < -0.3 is 9.47 Å². The Balaban J connectivity index is 2.16. The first-order chi connectivity index (χ1) is 11.3. The molecule has 0 atom stereocenters. The summed E-state index contributed by atoms with van der Waals surface area (Å²) in [5, 5.41) is 3.95. The zero-order valence-corrected chi connectivity index (χ0v) is 14.3. The third-order valence-corrected chi connectivity index (χ3v) is 3.40. The molecule has 1 N–H and O–H groups in total. The van der Waals surface area contributed by atoms with Crippen LogP contribution in [0.4, 0.5) is 19.0 Å². The van der Waals surface area contributed by atoms with Crippen molar-refractivity contribution in [3.05, 3.63) is 46.1 Å². The minimum Gasteiger partial charge on any atom is -0.493 e. The second kappa shape index (κ2) is 7.52. The molecule has 0 aliphatic carbocycles. The summed E-state index contributed by atoms with van der Waals surface area (Å²) >= 11 is 3.34. The SMILES string of the molecule is COc1cc(Br)cc(/C=N\Nc2ccc(C(F)(F)F)cn2)c1OC. The van der Waals surface area contributed by atoms with Gasteiger partial charge in [-0.25, -0.2) is 4.98 Å². The van der Waals surface area contributed by atoms with E-state index in [0.717, 1.165) is 16.7 Å². The maximum Gasteiger partial charge on any atom is 0.417 e. The maximum atomic E-state index is 12.5. The Labute approximate surface area is 144 Å². The van der Waals surface area contributed by atoms with Crippen LogP contribution in [-0.2, 0) is 6.18 Å². The molecule has 0 amide bonds. The number of hydrazone groups is 1. The van der Waals surface area contributed by atoms with Crippen LogP contribution in [0.3, 0.4) is 0 Å². The lowest BCUT2D eigenvalue weighted by molar-refractivity contribution is -0.137. The zero-order chi connectivity index (χ0) is 17.7. The fraction of sp³-hybridized carbons (Fsp3) is 0.200. The third kappa shape index (κ3) is 4.38. The number of nitrogens with zero attached hydrogens (tertiary/aromatic N) is 2. The molecule has 5 nitrogen and oxygen atoms in total. The summed E-state index contributed by atoms with van der Waals surface area (Å²) < 4.78 is 48.6. The van der Waals surface area contributed by atoms with Crippen LogP contribution >= 0.6 is 15.9 Å². The molecule has 0 aliphatic heterocycles. The van der Waals surface area contributed by atoms with Crippen LogP contribution in [0.2, 0.25) is 0 Å². The molecule has 0 spiro atoms. The Morgan fingerprint density at radius 1 is 1.21 bits per heavy atom. The quantitative estimate of drug-likeness (QED) is 0.596. The number of alkyl halides is 3. The normalized spacial score (nSPS) is 11.6. The molecular formula is C15H13BrF3N3O2. The Hall–Kier alpha value is -2.29. The number of hydrogen-bond acceptors (Lipinski definition) is 5. The summed E-state index contributed by atoms with van der Waals surface area (Å²) in [5.74, 6) is 1.17. The molecule has 0 radical (unpaired) electrons. The minimum absolute atomic E-state index is 0.181. The van der Waals surface area contributed by atoms with E-state index < -0.39 is 11.7 Å². The van der Waals surface area contributed by atoms with Crippen LogP contribution in [0.25, 0.3) is 0 Å². The van der Waals surface area contributed by atoms with Crippen LogP contribution in [0.1, 0.15) is 11.1 Å². The average molecular weight is 404 g/mol. The van der Waals surface area contributed by atoms with E-state index >= 15 is 0 Å². The van der Waals surface area contributed by atoms with Crippen molar-refractivity contribution in [2.24, 2.45) is 5.10 Å². The standard InChI is InChI=1S/C15H13BrF3N3O2/c1-23-12-6-11(16)5-9(14(12)24-2)7-21-22-13-4-3-10(8-20-13)15(17,18)19/h3-8H,1-2H3,(H,20,22)/b21-7-. The third-order valence-electron chi connectivity index (χ3n) is 2.95. The first-order valence-corrected chi connectivity index (χ1v) is 7.38. The van der Waals surface area contributed by atoms with Gasteiger partial charge in [0.15, 0.2) is 11.5 Å². The molecule has 2 aromatic rings. The van der Waals surface area contributed by atoms with Gasteiger partial charge in [0, 0.05) is 16.2 Å². The lowest BCUT2D eigenvalue weighted by atomic mass is 10.2. The van der Waals surface area contributed by atoms with Crippen molar-refractivity contribution in [3.63, 3.8) is 0 Å². The topological polar surface area (TPSA) is 55.7 Å². The predicted molar refractivity (Wildman–Crippen MR) is 87.7 cm³/mol. The Bertz CT molecular complexity index is 734. The van der Waals surface area contributed by atoms with Gasteiger partial charge in [-0.1, -0.05) is 15.9 Å². The highest BCUT2D eigenvalue weighted by Crippen LogP contribution is 2.33. The number of benzene rings is 1. The molecule has 0 unspecified atom stereocenters. The van der Waals surface area contributed by atoms with Crippen molar-refractivity contribution in [2.45, 2.75) is 6.18 Å². The van der Waals surface area contributed by atoms with Gasteiger partial charge >= 0.3 is 6.18 Å². The van der Waals surface area contributed by atoms with Crippen LogP contribution in [-0.4, -0.2) is 25.4 Å². The highest BCUT2D eigenvalue weighted by molar-refractivity contribution is 9.10. The van der Waals surface area contributed by atoms with Gasteiger partial charge in [0.05, 0.1) is 26.0 Å². The number of nitrogens with one attached hydrogen (secondary N) is 1. The van der Waals surface area contributed by atoms with Gasteiger partial charge in [-0.2, -0.15) is 18.3 Å². The van der Waals surface area contributed by atoms with E-state index in [9.17, 15) is 13.2 Å². The number of halogens is 4. The number of methoxy groups -OCH3 is 2. The van der Waals surface area contributed by atoms with E-state index in [-0.39, 0.29) is 5.82 Å². The molecule has 24 heavy (non-hydrogen) atoms. The smallest absolute Gasteiger partial charge is 0.417 e. The Morgan fingerprint density at radius 3 is 2.50 bits per heavy atom. The molecule has 0 bridgehead atoms. The maximum absolute atomic E-state index is 12.5. The Kier molecular flexibility index (Phi) is 5.66. The lowest BCUT2D eigenvalue weighted by Crippen LogP contribution is -2.05. The molecule has 0 fully saturated rings. The average Bonchev–Trinajstić information content (AvgIpc) is 2.54. The summed E-state index contributed by atoms with van der Waals surface area (Å²) in [7, 11) is 3.00. The molecule has 1 aromatic carbocycles. The van der Waals surface area contributed by atoms with E-state index in [1.807, 2.05) is 0 Å². The summed E-state index contributed by atoms with van der Waals surface area (Å²) in [6, 6.07) is 5.61. The predicted octanol–water partition coefficient (Wildman–Crippen LogP) is 4.33. The van der Waals surface area contributed by atoms with E-state index in [0.29, 0.717) is 17.1 Å². The van der Waals surface area contributed by atoms with Crippen molar-refractivity contribution < 1.29 is 22.6 Å². The van der Waals surface area contributed by atoms with Gasteiger partial charge in [-0.05, 0) is 24.3 Å². The van der Waals surface area contributed by atoms with Crippen molar-refractivity contribution in [2.75, 3.05) is 19.6 Å². The van der Waals surface area contributed by atoms with Crippen LogP contribution < -0.4 is 14.9 Å². The molecule has 0 saturated carbocycles. The number of hydrogen-bond donors (Lipinski definition) is 1. The number of ether oxygens (including phenoxy) is 2. The van der Waals surface area contributed by atoms with Crippen molar-refractivity contribution in [1.29, 1.82) is 0 Å². The molecule has 1 heterocycles. The molecule has 128 valence electrons. The minimum atomic E-state index is -4.42. The second-order valence-electron chi connectivity index (χ2n) is 4.53. The van der Waals surface area contributed by atoms with Crippen LogP contribution in [0.15, 0.2) is 40.0 Å². The summed E-state index contributed by atoms with van der Waals surface area (Å²) in [6.07, 6.45) is -2.24. The molecule has 0 aliphatic rings. The molecule has 9 heteroatoms. The molecule has 2 rings (SSSR count). The zero-order valence-electron chi connectivity index (χ0n) is 12.7. The first-order valence-electron chi connectivity index (χ1n) is 6.59. The monoisotopic (exact) mass is 403 g/mol. The molecule has 1 aromatic heterocycles. The van der Waals surface area contributed by atoms with Crippen molar-refractivity contribution in [1.82, 2.24) is 4.98 Å². The van der Waals surface area contributed by atoms with Gasteiger partial charge in [-0.15, -0.1) is 0 Å². The fourth-order valence-electron chi connectivity index (χ4n) is 1.85. The fourth-order valence-corrected chi connectivity index (χ4v) is 2.30. The van der Waals surface area contributed by atoms with Gasteiger partial charge in [0.1, 0.15) is 5.82 Å². The number of aromatic nitrogens is 1. The number of anilines is 1. The van der Waals surface area contributed by atoms with Crippen molar-refractivity contribution >= 4 is 28.0 Å². The Morgan fingerprint density at radius 2 is 1.96 bits per heavy atom. The molecule has 0 saturated heterocycles. The van der Waals surface area contributed by atoms with Gasteiger partial charge in [0.25, 0.3) is 0 Å². The largest absolute Gasteiger partial charge is 0.493 e. The summed E-state index contributed by atoms with van der Waals surface area (Å²) in [4.78, 5) is 3.66. The van der Waals surface area contributed by atoms with E-state index in [4.69, 9.17) is 9.47 Å². The lowest BCUT2D eigenvalue weighted by Gasteiger charge is -2.11. The van der Waals surface area contributed by atoms with Crippen LogP contribution in [0, 0.1) is 0 Å². The first kappa shape index (κ1) is 18.1. The summed E-state index contributed by atoms with van der Waals surface area (Å²) in [5.41, 5.74) is 2.35. The number of rotatable bonds is 5. The van der Waals surface area contributed by atoms with Crippen LogP contribution in [0.5, 0.6) is 11.5 Å². The summed E-state index contributed by atoms with van der Waals surface area (Å²) in [6.45, 7) is 0. The van der Waals surface area contributed by atoms with Crippen molar-refractivity contribution in [3.8, 4) is 11.5 Å². The van der Waals surface area contributed by atoms with E-state index in [1.165, 1.54) is 26.5 Å². The molecular weight excluding hydrogens is 391 g/mol. The second-order valence-corrected chi connectivity index (χ2v) is 5.45. The highest BCUT2D eigenvalue weighted by Gasteiger charge is 2.30. The number of pyridine rings is 1. The van der Waals surface area contributed by atoms with Gasteiger partial charge in [-0.3, -0.25) is 5.43 Å². The van der Waals surface area contributed by atoms with E-state index in [2.05, 4.69) is 31.4 Å². The van der Waals surface area contributed by atoms with E-state index in [1.54, 1.807) is 12.1 Å². The van der Waals surface area contributed by atoms with Gasteiger partial charge in [0.2, 0.25) is 0 Å². The highest BCUT2D eigenvalue weighted by atomic mass is 79.9.